The lowest BCUT2D eigenvalue weighted by molar-refractivity contribution is -0.116. The molecule has 1 amide bonds. The van der Waals surface area contributed by atoms with E-state index in [-0.39, 0.29) is 11.9 Å². The summed E-state index contributed by atoms with van der Waals surface area (Å²) < 4.78 is 12.6. The van der Waals surface area contributed by atoms with Crippen LogP contribution in [0.3, 0.4) is 0 Å². The number of rotatable bonds is 7. The SMILES string of the molecule is COc1ccc(NC(=O)C[C@H](c2cccs2)n2cccc2)cc1OC. The molecule has 0 aliphatic heterocycles. The Morgan fingerprint density at radius 3 is 2.52 bits per heavy atom. The molecule has 0 saturated carbocycles. The second-order valence-electron chi connectivity index (χ2n) is 5.48. The van der Waals surface area contributed by atoms with Crippen LogP contribution >= 0.6 is 11.3 Å². The molecule has 0 fully saturated rings. The van der Waals surface area contributed by atoms with Gasteiger partial charge in [0.05, 0.1) is 26.7 Å². The van der Waals surface area contributed by atoms with Crippen molar-refractivity contribution in [3.63, 3.8) is 0 Å². The molecule has 1 N–H and O–H groups in total. The highest BCUT2D eigenvalue weighted by atomic mass is 32.1. The van der Waals surface area contributed by atoms with Crippen LogP contribution in [-0.2, 0) is 4.79 Å². The van der Waals surface area contributed by atoms with E-state index in [1.54, 1.807) is 43.8 Å². The van der Waals surface area contributed by atoms with E-state index in [4.69, 9.17) is 9.47 Å². The normalized spacial score (nSPS) is 11.8. The van der Waals surface area contributed by atoms with Crippen molar-refractivity contribution in [2.75, 3.05) is 19.5 Å². The molecule has 0 spiro atoms. The molecule has 3 rings (SSSR count). The first-order chi connectivity index (χ1) is 12.2. The molecule has 0 saturated heterocycles. The van der Waals surface area contributed by atoms with Gasteiger partial charge in [0.15, 0.2) is 11.5 Å². The molecule has 3 aromatic rings. The molecule has 1 aromatic carbocycles. The van der Waals surface area contributed by atoms with Crippen LogP contribution in [0.1, 0.15) is 17.3 Å². The topological polar surface area (TPSA) is 52.5 Å². The first kappa shape index (κ1) is 17.1. The summed E-state index contributed by atoms with van der Waals surface area (Å²) in [6, 6.07) is 13.3. The lowest BCUT2D eigenvalue weighted by Crippen LogP contribution is -2.19. The van der Waals surface area contributed by atoms with Gasteiger partial charge in [0.1, 0.15) is 0 Å². The van der Waals surface area contributed by atoms with E-state index < -0.39 is 0 Å². The molecule has 130 valence electrons. The zero-order chi connectivity index (χ0) is 17.6. The Morgan fingerprint density at radius 2 is 1.88 bits per heavy atom. The van der Waals surface area contributed by atoms with Gasteiger partial charge >= 0.3 is 0 Å². The Hall–Kier alpha value is -2.73. The molecular weight excluding hydrogens is 336 g/mol. The third kappa shape index (κ3) is 4.03. The maximum absolute atomic E-state index is 12.6. The fraction of sp³-hybridized carbons (Fsp3) is 0.211. The third-order valence-electron chi connectivity index (χ3n) is 3.91. The first-order valence-corrected chi connectivity index (χ1v) is 8.77. The molecular formula is C19H20N2O3S. The number of hydrogen-bond acceptors (Lipinski definition) is 4. The van der Waals surface area contributed by atoms with E-state index in [2.05, 4.69) is 16.0 Å². The number of carbonyl (C=O) groups is 1. The van der Waals surface area contributed by atoms with E-state index in [0.717, 1.165) is 4.88 Å². The van der Waals surface area contributed by atoms with Crippen LogP contribution in [0.15, 0.2) is 60.2 Å². The van der Waals surface area contributed by atoms with Crippen LogP contribution < -0.4 is 14.8 Å². The molecule has 2 aromatic heterocycles. The van der Waals surface area contributed by atoms with Crippen LogP contribution in [0.2, 0.25) is 0 Å². The van der Waals surface area contributed by atoms with Gasteiger partial charge in [-0.05, 0) is 35.7 Å². The fourth-order valence-corrected chi connectivity index (χ4v) is 3.52. The van der Waals surface area contributed by atoms with Gasteiger partial charge in [-0.2, -0.15) is 0 Å². The quantitative estimate of drug-likeness (QED) is 0.691. The second kappa shape index (κ2) is 7.90. The number of ether oxygens (including phenoxy) is 2. The van der Waals surface area contributed by atoms with E-state index in [1.807, 2.05) is 36.0 Å². The average molecular weight is 356 g/mol. The average Bonchev–Trinajstić information content (AvgIpc) is 3.33. The molecule has 0 unspecified atom stereocenters. The van der Waals surface area contributed by atoms with Gasteiger partial charge in [-0.25, -0.2) is 0 Å². The molecule has 5 nitrogen and oxygen atoms in total. The lowest BCUT2D eigenvalue weighted by Gasteiger charge is -2.18. The summed E-state index contributed by atoms with van der Waals surface area (Å²) in [5, 5.41) is 4.96. The van der Waals surface area contributed by atoms with Crippen LogP contribution in [0.25, 0.3) is 0 Å². The number of aromatic nitrogens is 1. The predicted molar refractivity (Wildman–Crippen MR) is 99.7 cm³/mol. The van der Waals surface area contributed by atoms with Gasteiger partial charge in [0, 0.05) is 29.0 Å². The lowest BCUT2D eigenvalue weighted by atomic mass is 10.1. The third-order valence-corrected chi connectivity index (χ3v) is 4.88. The molecule has 0 aliphatic carbocycles. The van der Waals surface area contributed by atoms with E-state index in [1.165, 1.54) is 0 Å². The molecule has 0 bridgehead atoms. The second-order valence-corrected chi connectivity index (χ2v) is 6.46. The van der Waals surface area contributed by atoms with Gasteiger partial charge in [-0.3, -0.25) is 4.79 Å². The number of amides is 1. The highest BCUT2D eigenvalue weighted by Crippen LogP contribution is 2.31. The monoisotopic (exact) mass is 356 g/mol. The van der Waals surface area contributed by atoms with Crippen molar-refractivity contribution < 1.29 is 14.3 Å². The Labute approximate surface area is 150 Å². The maximum Gasteiger partial charge on any atom is 0.226 e. The van der Waals surface area contributed by atoms with Crippen molar-refractivity contribution in [2.45, 2.75) is 12.5 Å². The Morgan fingerprint density at radius 1 is 1.12 bits per heavy atom. The number of methoxy groups -OCH3 is 2. The Kier molecular flexibility index (Phi) is 5.40. The van der Waals surface area contributed by atoms with E-state index in [0.29, 0.717) is 23.6 Å². The molecule has 1 atom stereocenters. The summed E-state index contributed by atoms with van der Waals surface area (Å²) in [4.78, 5) is 13.7. The highest BCUT2D eigenvalue weighted by molar-refractivity contribution is 7.10. The van der Waals surface area contributed by atoms with E-state index >= 15 is 0 Å². The predicted octanol–water partition coefficient (Wildman–Crippen LogP) is 4.19. The summed E-state index contributed by atoms with van der Waals surface area (Å²) in [5.41, 5.74) is 0.681. The summed E-state index contributed by atoms with van der Waals surface area (Å²) in [7, 11) is 3.15. The largest absolute Gasteiger partial charge is 0.493 e. The summed E-state index contributed by atoms with van der Waals surface area (Å²) in [6.07, 6.45) is 4.31. The van der Waals surface area contributed by atoms with Crippen molar-refractivity contribution in [3.05, 3.63) is 65.1 Å². The number of benzene rings is 1. The van der Waals surface area contributed by atoms with Gasteiger partial charge in [-0.15, -0.1) is 11.3 Å². The summed E-state index contributed by atoms with van der Waals surface area (Å²) >= 11 is 1.65. The first-order valence-electron chi connectivity index (χ1n) is 7.89. The zero-order valence-electron chi connectivity index (χ0n) is 14.1. The fourth-order valence-electron chi connectivity index (χ4n) is 2.69. The maximum atomic E-state index is 12.6. The van der Waals surface area contributed by atoms with Gasteiger partial charge in [0.2, 0.25) is 5.91 Å². The highest BCUT2D eigenvalue weighted by Gasteiger charge is 2.18. The number of hydrogen-bond donors (Lipinski definition) is 1. The van der Waals surface area contributed by atoms with Gasteiger partial charge < -0.3 is 19.4 Å². The summed E-state index contributed by atoms with van der Waals surface area (Å²) in [5.74, 6) is 1.16. The smallest absolute Gasteiger partial charge is 0.226 e. The van der Waals surface area contributed by atoms with Crippen molar-refractivity contribution in [3.8, 4) is 11.5 Å². The van der Waals surface area contributed by atoms with Crippen LogP contribution in [0, 0.1) is 0 Å². The van der Waals surface area contributed by atoms with Crippen LogP contribution in [0.4, 0.5) is 5.69 Å². The van der Waals surface area contributed by atoms with Crippen molar-refractivity contribution in [1.29, 1.82) is 0 Å². The van der Waals surface area contributed by atoms with Gasteiger partial charge in [-0.1, -0.05) is 6.07 Å². The molecule has 25 heavy (non-hydrogen) atoms. The number of anilines is 1. The van der Waals surface area contributed by atoms with Crippen LogP contribution in [0.5, 0.6) is 11.5 Å². The Balaban J connectivity index is 1.74. The molecule has 6 heteroatoms. The van der Waals surface area contributed by atoms with Crippen LogP contribution in [-0.4, -0.2) is 24.7 Å². The van der Waals surface area contributed by atoms with Gasteiger partial charge in [0.25, 0.3) is 0 Å². The molecule has 2 heterocycles. The van der Waals surface area contributed by atoms with Crippen molar-refractivity contribution in [1.82, 2.24) is 4.57 Å². The van der Waals surface area contributed by atoms with Crippen molar-refractivity contribution in [2.24, 2.45) is 0 Å². The molecule has 0 aliphatic rings. The van der Waals surface area contributed by atoms with Crippen molar-refractivity contribution >= 4 is 22.9 Å². The van der Waals surface area contributed by atoms with E-state index in [9.17, 15) is 4.79 Å². The zero-order valence-corrected chi connectivity index (χ0v) is 15.0. The minimum Gasteiger partial charge on any atom is -0.493 e. The summed E-state index contributed by atoms with van der Waals surface area (Å²) in [6.45, 7) is 0. The number of carbonyl (C=O) groups excluding carboxylic acids is 1. The number of nitrogens with one attached hydrogen (secondary N) is 1. The molecule has 0 radical (unpaired) electrons. The minimum absolute atomic E-state index is 0.0184. The Bertz CT molecular complexity index is 779. The number of thiophene rings is 1. The number of nitrogens with zero attached hydrogens (tertiary/aromatic N) is 1. The minimum atomic E-state index is -0.0562. The standard InChI is InChI=1S/C19H20N2O3S/c1-23-16-8-7-14(12-17(16)24-2)20-19(22)13-15(18-6-5-11-25-18)21-9-3-4-10-21/h3-12,15H,13H2,1-2H3,(H,20,22)/t15-/m1/s1.